The monoisotopic (exact) mass is 270 g/mol. The quantitative estimate of drug-likeness (QED) is 0.902. The van der Waals surface area contributed by atoms with Crippen LogP contribution in [0.25, 0.3) is 0 Å². The van der Waals surface area contributed by atoms with Crippen molar-refractivity contribution in [3.63, 3.8) is 0 Å². The minimum atomic E-state index is 0.349. The van der Waals surface area contributed by atoms with Crippen LogP contribution in [0, 0.1) is 0 Å². The lowest BCUT2D eigenvalue weighted by atomic mass is 10.1. The summed E-state index contributed by atoms with van der Waals surface area (Å²) in [6.45, 7) is 10.2. The van der Waals surface area contributed by atoms with Gasteiger partial charge in [-0.25, -0.2) is 0 Å². The summed E-state index contributed by atoms with van der Waals surface area (Å²) in [5, 5.41) is 11.4. The molecule has 5 nitrogen and oxygen atoms in total. The van der Waals surface area contributed by atoms with Crippen LogP contribution in [-0.2, 0) is 6.54 Å². The summed E-state index contributed by atoms with van der Waals surface area (Å²) in [5.74, 6) is 1.78. The van der Waals surface area contributed by atoms with Crippen molar-refractivity contribution in [3.8, 4) is 0 Å². The van der Waals surface area contributed by atoms with Crippen LogP contribution in [0.3, 0.4) is 0 Å². The van der Waals surface area contributed by atoms with Gasteiger partial charge in [0.2, 0.25) is 5.89 Å². The fourth-order valence-electron chi connectivity index (χ4n) is 1.89. The summed E-state index contributed by atoms with van der Waals surface area (Å²) in [7, 11) is 0. The summed E-state index contributed by atoms with van der Waals surface area (Å²) in [6, 6.07) is 0.668. The maximum absolute atomic E-state index is 5.68. The Balaban J connectivity index is 1.96. The van der Waals surface area contributed by atoms with Crippen LogP contribution < -0.4 is 10.2 Å². The van der Waals surface area contributed by atoms with Gasteiger partial charge in [0.05, 0.1) is 6.54 Å². The van der Waals surface area contributed by atoms with E-state index in [1.165, 1.54) is 0 Å². The van der Waals surface area contributed by atoms with E-state index in [9.17, 15) is 0 Å². The normalized spacial score (nSPS) is 19.8. The molecule has 0 aliphatic carbocycles. The zero-order valence-electron chi connectivity index (χ0n) is 11.4. The minimum absolute atomic E-state index is 0.349. The van der Waals surface area contributed by atoms with Gasteiger partial charge in [-0.05, 0) is 13.0 Å². The van der Waals surface area contributed by atoms with Crippen LogP contribution in [0.4, 0.5) is 6.01 Å². The Labute approximate surface area is 113 Å². The number of aromatic nitrogens is 2. The molecule has 0 aromatic carbocycles. The van der Waals surface area contributed by atoms with Crippen molar-refractivity contribution in [3.05, 3.63) is 5.89 Å². The van der Waals surface area contributed by atoms with Crippen LogP contribution in [-0.4, -0.2) is 40.3 Å². The summed E-state index contributed by atoms with van der Waals surface area (Å²) in [6.07, 6.45) is 1.14. The number of hydrogen-bond donors (Lipinski definition) is 1. The SMILES string of the molecule is CCNCc1nnc(N2CCSC(C)(C)CC2)o1. The first-order chi connectivity index (χ1) is 8.61. The molecule has 2 heterocycles. The van der Waals surface area contributed by atoms with Crippen molar-refractivity contribution in [1.29, 1.82) is 0 Å². The molecule has 0 radical (unpaired) electrons. The predicted octanol–water partition coefficient (Wildman–Crippen LogP) is 1.90. The van der Waals surface area contributed by atoms with Crippen LogP contribution in [0.5, 0.6) is 0 Å². The van der Waals surface area contributed by atoms with Crippen molar-refractivity contribution in [1.82, 2.24) is 15.5 Å². The Morgan fingerprint density at radius 1 is 1.39 bits per heavy atom. The molecule has 1 aromatic heterocycles. The van der Waals surface area contributed by atoms with E-state index in [0.717, 1.165) is 31.8 Å². The van der Waals surface area contributed by atoms with Crippen LogP contribution >= 0.6 is 11.8 Å². The molecule has 102 valence electrons. The third-order valence-corrected chi connectivity index (χ3v) is 4.46. The lowest BCUT2D eigenvalue weighted by molar-refractivity contribution is 0.463. The van der Waals surface area contributed by atoms with E-state index >= 15 is 0 Å². The first kappa shape index (κ1) is 13.7. The fourth-order valence-corrected chi connectivity index (χ4v) is 2.99. The van der Waals surface area contributed by atoms with Gasteiger partial charge >= 0.3 is 6.01 Å². The zero-order chi connectivity index (χ0) is 13.0. The molecule has 0 saturated carbocycles. The molecule has 1 aliphatic rings. The summed E-state index contributed by atoms with van der Waals surface area (Å²) >= 11 is 2.02. The highest BCUT2D eigenvalue weighted by atomic mass is 32.2. The van der Waals surface area contributed by atoms with Gasteiger partial charge in [0.25, 0.3) is 0 Å². The van der Waals surface area contributed by atoms with Crippen molar-refractivity contribution >= 4 is 17.8 Å². The number of anilines is 1. The molecular formula is C12H22N4OS. The van der Waals surface area contributed by atoms with Crippen molar-refractivity contribution in [2.24, 2.45) is 0 Å². The van der Waals surface area contributed by atoms with Gasteiger partial charge < -0.3 is 14.6 Å². The Bertz CT molecular complexity index is 380. The Hall–Kier alpha value is -0.750. The van der Waals surface area contributed by atoms with E-state index in [1.54, 1.807) is 0 Å². The topological polar surface area (TPSA) is 54.2 Å². The fraction of sp³-hybridized carbons (Fsp3) is 0.833. The largest absolute Gasteiger partial charge is 0.407 e. The maximum atomic E-state index is 5.68. The van der Waals surface area contributed by atoms with E-state index in [-0.39, 0.29) is 0 Å². The summed E-state index contributed by atoms with van der Waals surface area (Å²) in [4.78, 5) is 2.20. The van der Waals surface area contributed by atoms with Gasteiger partial charge in [0, 0.05) is 23.6 Å². The number of rotatable bonds is 4. The molecule has 1 aliphatic heterocycles. The molecular weight excluding hydrogens is 248 g/mol. The van der Waals surface area contributed by atoms with Crippen LogP contribution in [0.1, 0.15) is 33.1 Å². The number of hydrogen-bond acceptors (Lipinski definition) is 6. The van der Waals surface area contributed by atoms with Gasteiger partial charge in [-0.1, -0.05) is 25.9 Å². The van der Waals surface area contributed by atoms with E-state index < -0.39 is 0 Å². The maximum Gasteiger partial charge on any atom is 0.318 e. The highest BCUT2D eigenvalue weighted by molar-refractivity contribution is 8.00. The molecule has 1 fully saturated rings. The van der Waals surface area contributed by atoms with Crippen molar-refractivity contribution < 1.29 is 4.42 Å². The standard InChI is InChI=1S/C12H22N4OS/c1-4-13-9-10-14-15-11(17-10)16-6-5-12(2,3)18-8-7-16/h13H,4-9H2,1-3H3. The number of thioether (sulfide) groups is 1. The van der Waals surface area contributed by atoms with E-state index in [2.05, 4.69) is 41.2 Å². The molecule has 2 rings (SSSR count). The van der Waals surface area contributed by atoms with Gasteiger partial charge in [0.1, 0.15) is 0 Å². The Morgan fingerprint density at radius 2 is 2.22 bits per heavy atom. The Kier molecular flexibility index (Phi) is 4.50. The highest BCUT2D eigenvalue weighted by Crippen LogP contribution is 2.31. The molecule has 1 N–H and O–H groups in total. The average Bonchev–Trinajstić information content (AvgIpc) is 2.72. The lowest BCUT2D eigenvalue weighted by Crippen LogP contribution is -2.27. The molecule has 1 saturated heterocycles. The predicted molar refractivity (Wildman–Crippen MR) is 75.0 cm³/mol. The number of nitrogens with one attached hydrogen (secondary N) is 1. The Morgan fingerprint density at radius 3 is 3.00 bits per heavy atom. The second-order valence-electron chi connectivity index (χ2n) is 5.10. The van der Waals surface area contributed by atoms with Gasteiger partial charge in [-0.3, -0.25) is 0 Å². The van der Waals surface area contributed by atoms with E-state index in [0.29, 0.717) is 23.2 Å². The van der Waals surface area contributed by atoms with Gasteiger partial charge in [-0.15, -0.1) is 5.10 Å². The molecule has 0 unspecified atom stereocenters. The summed E-state index contributed by atoms with van der Waals surface area (Å²) < 4.78 is 6.03. The highest BCUT2D eigenvalue weighted by Gasteiger charge is 2.25. The molecule has 18 heavy (non-hydrogen) atoms. The van der Waals surface area contributed by atoms with Gasteiger partial charge in [0.15, 0.2) is 0 Å². The van der Waals surface area contributed by atoms with Crippen molar-refractivity contribution in [2.45, 2.75) is 38.5 Å². The van der Waals surface area contributed by atoms with Crippen LogP contribution in [0.2, 0.25) is 0 Å². The van der Waals surface area contributed by atoms with Gasteiger partial charge in [-0.2, -0.15) is 11.8 Å². The van der Waals surface area contributed by atoms with Crippen LogP contribution in [0.15, 0.2) is 4.42 Å². The smallest absolute Gasteiger partial charge is 0.318 e. The molecule has 0 atom stereocenters. The molecule has 0 spiro atoms. The minimum Gasteiger partial charge on any atom is -0.407 e. The van der Waals surface area contributed by atoms with E-state index in [4.69, 9.17) is 4.42 Å². The van der Waals surface area contributed by atoms with E-state index in [1.807, 2.05) is 11.8 Å². The molecule has 0 amide bonds. The summed E-state index contributed by atoms with van der Waals surface area (Å²) in [5.41, 5.74) is 0. The number of nitrogens with zero attached hydrogens (tertiary/aromatic N) is 3. The first-order valence-corrected chi connectivity index (χ1v) is 7.51. The average molecular weight is 270 g/mol. The third-order valence-electron chi connectivity index (χ3n) is 3.09. The molecule has 1 aromatic rings. The molecule has 0 bridgehead atoms. The van der Waals surface area contributed by atoms with Crippen molar-refractivity contribution in [2.75, 3.05) is 30.3 Å². The third kappa shape index (κ3) is 3.62. The molecule has 6 heteroatoms. The first-order valence-electron chi connectivity index (χ1n) is 6.53. The lowest BCUT2D eigenvalue weighted by Gasteiger charge is -2.21. The second-order valence-corrected chi connectivity index (χ2v) is 6.91. The second kappa shape index (κ2) is 5.93. The zero-order valence-corrected chi connectivity index (χ0v) is 12.2.